The van der Waals surface area contributed by atoms with Crippen LogP contribution in [-0.4, -0.2) is 37.1 Å². The van der Waals surface area contributed by atoms with Crippen LogP contribution in [0.5, 0.6) is 11.5 Å². The molecule has 6 heteroatoms. The molecule has 0 spiro atoms. The summed E-state index contributed by atoms with van der Waals surface area (Å²) in [6.07, 6.45) is -1.45. The molecule has 0 saturated heterocycles. The van der Waals surface area contributed by atoms with Crippen molar-refractivity contribution in [2.45, 2.75) is 26.1 Å². The van der Waals surface area contributed by atoms with Gasteiger partial charge in [-0.3, -0.25) is 9.59 Å². The molecule has 0 fully saturated rings. The first-order chi connectivity index (χ1) is 18.5. The highest BCUT2D eigenvalue weighted by Gasteiger charge is 2.28. The largest absolute Gasteiger partial charge is 0.481 e. The van der Waals surface area contributed by atoms with Crippen LogP contribution in [0, 0.1) is 0 Å². The number of hydrogen-bond acceptors (Lipinski definition) is 4. The molecule has 0 aliphatic rings. The molecule has 0 aliphatic heterocycles. The number of carbonyl (C=O) groups excluding carboxylic acids is 2. The predicted molar refractivity (Wildman–Crippen MR) is 151 cm³/mol. The maximum absolute atomic E-state index is 13.6. The predicted octanol–water partition coefficient (Wildman–Crippen LogP) is 5.99. The van der Waals surface area contributed by atoms with Crippen molar-refractivity contribution in [2.75, 3.05) is 22.9 Å². The summed E-state index contributed by atoms with van der Waals surface area (Å²) in [5.41, 5.74) is 1.46. The Morgan fingerprint density at radius 1 is 0.526 bits per heavy atom. The van der Waals surface area contributed by atoms with Crippen LogP contribution < -0.4 is 19.3 Å². The number of nitrogens with zero attached hydrogens (tertiary/aromatic N) is 2. The highest BCUT2D eigenvalue weighted by Crippen LogP contribution is 2.21. The molecule has 194 valence electrons. The van der Waals surface area contributed by atoms with E-state index in [0.717, 1.165) is 11.4 Å². The van der Waals surface area contributed by atoms with Gasteiger partial charge < -0.3 is 19.3 Å². The van der Waals surface area contributed by atoms with Gasteiger partial charge in [0.1, 0.15) is 11.5 Å². The van der Waals surface area contributed by atoms with Crippen molar-refractivity contribution in [3.8, 4) is 11.5 Å². The Hall–Kier alpha value is -4.58. The lowest BCUT2D eigenvalue weighted by atomic mass is 10.2. The van der Waals surface area contributed by atoms with E-state index >= 15 is 0 Å². The number of amides is 2. The van der Waals surface area contributed by atoms with Gasteiger partial charge in [0.2, 0.25) is 0 Å². The molecular weight excluding hydrogens is 476 g/mol. The van der Waals surface area contributed by atoms with Gasteiger partial charge in [-0.1, -0.05) is 72.8 Å². The number of benzene rings is 4. The van der Waals surface area contributed by atoms with Crippen molar-refractivity contribution < 1.29 is 19.1 Å². The van der Waals surface area contributed by atoms with Gasteiger partial charge in [0.25, 0.3) is 11.8 Å². The molecule has 2 amide bonds. The summed E-state index contributed by atoms with van der Waals surface area (Å²) in [6.45, 7) is 4.01. The van der Waals surface area contributed by atoms with Crippen LogP contribution in [0.25, 0.3) is 0 Å². The summed E-state index contributed by atoms with van der Waals surface area (Å²) < 4.78 is 11.9. The first-order valence-electron chi connectivity index (χ1n) is 12.7. The van der Waals surface area contributed by atoms with Crippen molar-refractivity contribution in [1.29, 1.82) is 0 Å². The fourth-order valence-corrected chi connectivity index (χ4v) is 4.10. The molecule has 0 saturated carbocycles. The molecule has 0 N–H and O–H groups in total. The Morgan fingerprint density at radius 2 is 0.816 bits per heavy atom. The minimum absolute atomic E-state index is 0.200. The van der Waals surface area contributed by atoms with Gasteiger partial charge in [0, 0.05) is 24.5 Å². The van der Waals surface area contributed by atoms with Crippen molar-refractivity contribution in [3.63, 3.8) is 0 Å². The third-order valence-corrected chi connectivity index (χ3v) is 6.02. The number of ether oxygens (including phenoxy) is 2. The number of para-hydroxylation sites is 4. The Balaban J connectivity index is 1.55. The first kappa shape index (κ1) is 26.5. The maximum Gasteiger partial charge on any atom is 0.267 e. The van der Waals surface area contributed by atoms with Crippen molar-refractivity contribution >= 4 is 23.2 Å². The van der Waals surface area contributed by atoms with E-state index in [0.29, 0.717) is 11.5 Å². The van der Waals surface area contributed by atoms with Gasteiger partial charge in [-0.15, -0.1) is 0 Å². The minimum Gasteiger partial charge on any atom is -0.481 e. The van der Waals surface area contributed by atoms with Crippen LogP contribution in [0.1, 0.15) is 13.8 Å². The third kappa shape index (κ3) is 7.01. The fraction of sp³-hybridized carbons (Fsp3) is 0.188. The molecule has 6 nitrogen and oxygen atoms in total. The number of rotatable bonds is 11. The molecule has 0 aromatic heterocycles. The molecule has 0 radical (unpaired) electrons. The monoisotopic (exact) mass is 508 g/mol. The highest BCUT2D eigenvalue weighted by molar-refractivity contribution is 5.98. The van der Waals surface area contributed by atoms with Gasteiger partial charge in [-0.2, -0.15) is 0 Å². The summed E-state index contributed by atoms with van der Waals surface area (Å²) in [6, 6.07) is 37.4. The topological polar surface area (TPSA) is 59.1 Å². The fourth-order valence-electron chi connectivity index (χ4n) is 4.10. The summed E-state index contributed by atoms with van der Waals surface area (Å²) in [4.78, 5) is 30.6. The molecule has 4 aromatic rings. The first-order valence-corrected chi connectivity index (χ1v) is 12.7. The lowest BCUT2D eigenvalue weighted by Crippen LogP contribution is -2.48. The zero-order chi connectivity index (χ0) is 26.7. The molecule has 4 aromatic carbocycles. The van der Waals surface area contributed by atoms with Crippen LogP contribution in [-0.2, 0) is 9.59 Å². The lowest BCUT2D eigenvalue weighted by Gasteiger charge is -2.31. The molecule has 38 heavy (non-hydrogen) atoms. The van der Waals surface area contributed by atoms with Crippen molar-refractivity contribution in [3.05, 3.63) is 121 Å². The molecule has 0 bridgehead atoms. The Labute approximate surface area is 224 Å². The second-order valence-electron chi connectivity index (χ2n) is 8.80. The average molecular weight is 509 g/mol. The quantitative estimate of drug-likeness (QED) is 0.250. The molecule has 2 unspecified atom stereocenters. The van der Waals surface area contributed by atoms with Gasteiger partial charge in [-0.25, -0.2) is 0 Å². The SMILES string of the molecule is CC(Oc1ccccc1)C(=O)N(CCN(C(=O)C(C)Oc1ccccc1)c1ccccc1)c1ccccc1. The molecule has 0 aliphatic carbocycles. The van der Waals surface area contributed by atoms with Gasteiger partial charge >= 0.3 is 0 Å². The minimum atomic E-state index is -0.723. The van der Waals surface area contributed by atoms with Crippen LogP contribution in [0.2, 0.25) is 0 Å². The second-order valence-corrected chi connectivity index (χ2v) is 8.80. The average Bonchev–Trinajstić information content (AvgIpc) is 2.97. The smallest absolute Gasteiger partial charge is 0.267 e. The maximum atomic E-state index is 13.6. The Kier molecular flexibility index (Phi) is 9.13. The van der Waals surface area contributed by atoms with E-state index in [4.69, 9.17) is 9.47 Å². The van der Waals surface area contributed by atoms with E-state index in [-0.39, 0.29) is 24.9 Å². The second kappa shape index (κ2) is 13.1. The third-order valence-electron chi connectivity index (χ3n) is 6.02. The van der Waals surface area contributed by atoms with E-state index < -0.39 is 12.2 Å². The normalized spacial score (nSPS) is 12.2. The van der Waals surface area contributed by atoms with Gasteiger partial charge in [0.05, 0.1) is 0 Å². The van der Waals surface area contributed by atoms with Crippen molar-refractivity contribution in [1.82, 2.24) is 0 Å². The van der Waals surface area contributed by atoms with E-state index in [2.05, 4.69) is 0 Å². The van der Waals surface area contributed by atoms with Gasteiger partial charge in [0.15, 0.2) is 12.2 Å². The van der Waals surface area contributed by atoms with Crippen molar-refractivity contribution in [2.24, 2.45) is 0 Å². The summed E-state index contributed by atoms with van der Waals surface area (Å²) in [5.74, 6) is 0.840. The molecule has 4 rings (SSSR count). The van der Waals surface area contributed by atoms with E-state index in [1.165, 1.54) is 0 Å². The Morgan fingerprint density at radius 3 is 1.13 bits per heavy atom. The van der Waals surface area contributed by atoms with E-state index in [1.54, 1.807) is 23.6 Å². The van der Waals surface area contributed by atoms with Crippen LogP contribution in [0.15, 0.2) is 121 Å². The zero-order valence-corrected chi connectivity index (χ0v) is 21.6. The molecule has 2 atom stereocenters. The van der Waals surface area contributed by atoms with Crippen LogP contribution in [0.4, 0.5) is 11.4 Å². The summed E-state index contributed by atoms with van der Waals surface area (Å²) >= 11 is 0. The van der Waals surface area contributed by atoms with E-state index in [1.807, 2.05) is 121 Å². The highest BCUT2D eigenvalue weighted by atomic mass is 16.5. The number of hydrogen-bond donors (Lipinski definition) is 0. The zero-order valence-electron chi connectivity index (χ0n) is 21.6. The Bertz CT molecular complexity index is 1180. The lowest BCUT2D eigenvalue weighted by molar-refractivity contribution is -0.126. The van der Waals surface area contributed by atoms with Gasteiger partial charge in [-0.05, 0) is 62.4 Å². The standard InChI is InChI=1S/C32H32N2O4/c1-25(37-29-19-11-5-12-20-29)31(35)33(27-15-7-3-8-16-27)23-24-34(28-17-9-4-10-18-28)32(36)26(2)38-30-21-13-6-14-22-30/h3-22,25-26H,23-24H2,1-2H3. The molecule has 0 heterocycles. The van der Waals surface area contributed by atoms with E-state index in [9.17, 15) is 9.59 Å². The van der Waals surface area contributed by atoms with Crippen LogP contribution in [0.3, 0.4) is 0 Å². The number of anilines is 2. The summed E-state index contributed by atoms with van der Waals surface area (Å²) in [7, 11) is 0. The summed E-state index contributed by atoms with van der Waals surface area (Å²) in [5, 5.41) is 0. The molecular formula is C32H32N2O4. The number of carbonyl (C=O) groups is 2. The van der Waals surface area contributed by atoms with Crippen LogP contribution >= 0.6 is 0 Å².